The van der Waals surface area contributed by atoms with Crippen LogP contribution in [0.15, 0.2) is 55.2 Å². The molecule has 5 rings (SSSR count). The van der Waals surface area contributed by atoms with Crippen LogP contribution in [0.2, 0.25) is 0 Å². The van der Waals surface area contributed by atoms with Crippen molar-refractivity contribution in [2.75, 3.05) is 36.0 Å². The standard InChI is InChI=1S/C27H32N4O3/c1-4-29-14-13-28-26(29)21-9-7-20(8-10-21)22-11-12-23-24(16-22)30(17-18(2)31(23)19(3)32)27(33)25-6-5-15-34-25/h4,7-12,16,18,25-26,28H,1,5-6,13-15,17H2,2-3H3/t18-,25?,26?/m0/s1. The van der Waals surface area contributed by atoms with E-state index in [-0.39, 0.29) is 24.0 Å². The molecule has 7 heteroatoms. The summed E-state index contributed by atoms with van der Waals surface area (Å²) >= 11 is 0. The van der Waals surface area contributed by atoms with Crippen molar-refractivity contribution in [2.24, 2.45) is 0 Å². The molecule has 1 N–H and O–H groups in total. The predicted octanol–water partition coefficient (Wildman–Crippen LogP) is 3.67. The van der Waals surface area contributed by atoms with Gasteiger partial charge in [0.1, 0.15) is 12.3 Å². The Morgan fingerprint density at radius 2 is 1.88 bits per heavy atom. The number of nitrogens with zero attached hydrogens (tertiary/aromatic N) is 3. The fourth-order valence-electron chi connectivity index (χ4n) is 5.38. The van der Waals surface area contributed by atoms with E-state index < -0.39 is 6.10 Å². The van der Waals surface area contributed by atoms with Gasteiger partial charge in [-0.3, -0.25) is 14.9 Å². The molecule has 3 aliphatic rings. The van der Waals surface area contributed by atoms with Crippen molar-refractivity contribution in [3.05, 3.63) is 60.8 Å². The van der Waals surface area contributed by atoms with E-state index in [0.29, 0.717) is 13.2 Å². The van der Waals surface area contributed by atoms with Crippen LogP contribution in [0.5, 0.6) is 0 Å². The first-order chi connectivity index (χ1) is 16.5. The average Bonchev–Trinajstić information content (AvgIpc) is 3.55. The molecule has 2 fully saturated rings. The van der Waals surface area contributed by atoms with Crippen molar-refractivity contribution in [1.82, 2.24) is 10.2 Å². The highest BCUT2D eigenvalue weighted by Gasteiger charge is 2.37. The summed E-state index contributed by atoms with van der Waals surface area (Å²) in [7, 11) is 0. The van der Waals surface area contributed by atoms with Gasteiger partial charge in [-0.2, -0.15) is 0 Å². The number of benzene rings is 2. The zero-order chi connectivity index (χ0) is 23.8. The number of carbonyl (C=O) groups excluding carboxylic acids is 2. The fourth-order valence-corrected chi connectivity index (χ4v) is 5.38. The average molecular weight is 461 g/mol. The highest BCUT2D eigenvalue weighted by molar-refractivity contribution is 6.06. The Hall–Kier alpha value is -3.16. The second-order valence-corrected chi connectivity index (χ2v) is 9.29. The summed E-state index contributed by atoms with van der Waals surface area (Å²) < 4.78 is 5.70. The molecule has 0 aromatic heterocycles. The third-order valence-electron chi connectivity index (χ3n) is 7.06. The number of hydrogen-bond donors (Lipinski definition) is 1. The van der Waals surface area contributed by atoms with E-state index in [0.717, 1.165) is 48.4 Å². The topological polar surface area (TPSA) is 65.1 Å². The Morgan fingerprint density at radius 1 is 1.12 bits per heavy atom. The number of amides is 2. The molecule has 2 amide bonds. The highest BCUT2D eigenvalue weighted by Crippen LogP contribution is 2.40. The Kier molecular flexibility index (Phi) is 6.15. The first-order valence-electron chi connectivity index (χ1n) is 12.1. The van der Waals surface area contributed by atoms with E-state index in [9.17, 15) is 9.59 Å². The summed E-state index contributed by atoms with van der Waals surface area (Å²) in [6, 6.07) is 14.4. The van der Waals surface area contributed by atoms with E-state index in [2.05, 4.69) is 41.1 Å². The number of nitrogens with one attached hydrogen (secondary N) is 1. The van der Waals surface area contributed by atoms with Gasteiger partial charge in [0, 0.05) is 33.2 Å². The first-order valence-corrected chi connectivity index (χ1v) is 12.1. The van der Waals surface area contributed by atoms with Crippen LogP contribution in [0.4, 0.5) is 11.4 Å². The maximum atomic E-state index is 13.4. The van der Waals surface area contributed by atoms with Crippen LogP contribution >= 0.6 is 0 Å². The van der Waals surface area contributed by atoms with Crippen LogP contribution in [0.1, 0.15) is 38.4 Å². The summed E-state index contributed by atoms with van der Waals surface area (Å²) in [6.07, 6.45) is 3.26. The largest absolute Gasteiger partial charge is 0.368 e. The molecule has 2 aromatic rings. The second kappa shape index (κ2) is 9.24. The van der Waals surface area contributed by atoms with Gasteiger partial charge in [-0.1, -0.05) is 36.9 Å². The summed E-state index contributed by atoms with van der Waals surface area (Å²) in [5, 5.41) is 3.50. The smallest absolute Gasteiger partial charge is 0.256 e. The third kappa shape index (κ3) is 3.99. The van der Waals surface area contributed by atoms with Crippen molar-refractivity contribution in [2.45, 2.75) is 45.0 Å². The maximum Gasteiger partial charge on any atom is 0.256 e. The molecule has 2 saturated heterocycles. The molecule has 3 atom stereocenters. The van der Waals surface area contributed by atoms with Gasteiger partial charge in [0.2, 0.25) is 5.91 Å². The number of carbonyl (C=O) groups is 2. The lowest BCUT2D eigenvalue weighted by molar-refractivity contribution is -0.127. The lowest BCUT2D eigenvalue weighted by Gasteiger charge is -2.41. The molecule has 34 heavy (non-hydrogen) atoms. The molecule has 0 radical (unpaired) electrons. The minimum atomic E-state index is -0.404. The van der Waals surface area contributed by atoms with Crippen LogP contribution in [0.25, 0.3) is 11.1 Å². The highest BCUT2D eigenvalue weighted by atomic mass is 16.5. The Morgan fingerprint density at radius 3 is 2.56 bits per heavy atom. The number of ether oxygens (including phenoxy) is 1. The zero-order valence-corrected chi connectivity index (χ0v) is 19.9. The predicted molar refractivity (Wildman–Crippen MR) is 133 cm³/mol. The molecule has 2 unspecified atom stereocenters. The van der Waals surface area contributed by atoms with Gasteiger partial charge in [0.15, 0.2) is 0 Å². The molecule has 0 spiro atoms. The van der Waals surface area contributed by atoms with Crippen LogP contribution in [-0.2, 0) is 14.3 Å². The van der Waals surface area contributed by atoms with Crippen molar-refractivity contribution < 1.29 is 14.3 Å². The fraction of sp³-hybridized carbons (Fsp3) is 0.407. The van der Waals surface area contributed by atoms with E-state index in [1.54, 1.807) is 11.8 Å². The zero-order valence-electron chi connectivity index (χ0n) is 19.9. The quantitative estimate of drug-likeness (QED) is 0.754. The number of anilines is 2. The summed E-state index contributed by atoms with van der Waals surface area (Å²) in [6.45, 7) is 10.4. The summed E-state index contributed by atoms with van der Waals surface area (Å²) in [5.41, 5.74) is 4.80. The minimum Gasteiger partial charge on any atom is -0.368 e. The van der Waals surface area contributed by atoms with Crippen molar-refractivity contribution in [1.29, 1.82) is 0 Å². The molecule has 2 aromatic carbocycles. The van der Waals surface area contributed by atoms with Crippen molar-refractivity contribution >= 4 is 23.2 Å². The Labute approximate surface area is 201 Å². The van der Waals surface area contributed by atoms with Crippen LogP contribution in [-0.4, -0.2) is 55.1 Å². The van der Waals surface area contributed by atoms with Gasteiger partial charge >= 0.3 is 0 Å². The molecule has 3 aliphatic heterocycles. The Bertz CT molecular complexity index is 1090. The van der Waals surface area contributed by atoms with E-state index in [4.69, 9.17) is 4.74 Å². The van der Waals surface area contributed by atoms with Crippen LogP contribution < -0.4 is 15.1 Å². The molecular formula is C27H32N4O3. The molecule has 0 bridgehead atoms. The molecule has 0 aliphatic carbocycles. The summed E-state index contributed by atoms with van der Waals surface area (Å²) in [4.78, 5) is 31.6. The number of rotatable bonds is 4. The maximum absolute atomic E-state index is 13.4. The van der Waals surface area contributed by atoms with Gasteiger partial charge in [-0.05, 0) is 54.8 Å². The van der Waals surface area contributed by atoms with Crippen LogP contribution in [0.3, 0.4) is 0 Å². The van der Waals surface area contributed by atoms with Crippen molar-refractivity contribution in [3.63, 3.8) is 0 Å². The SMILES string of the molecule is C=CN1CCNC1c1ccc(-c2ccc3c(c2)N(C(=O)C2CCCO2)C[C@H](C)N3C(C)=O)cc1. The number of hydrogen-bond acceptors (Lipinski definition) is 5. The third-order valence-corrected chi connectivity index (χ3v) is 7.06. The first kappa shape index (κ1) is 22.6. The summed E-state index contributed by atoms with van der Waals surface area (Å²) in [5.74, 6) is -0.0379. The van der Waals surface area contributed by atoms with Gasteiger partial charge in [0.05, 0.1) is 17.4 Å². The van der Waals surface area contributed by atoms with Gasteiger partial charge in [-0.15, -0.1) is 0 Å². The normalized spacial score (nSPS) is 24.3. The van der Waals surface area contributed by atoms with Crippen molar-refractivity contribution in [3.8, 4) is 11.1 Å². The molecule has 0 saturated carbocycles. The van der Waals surface area contributed by atoms with Gasteiger partial charge in [-0.25, -0.2) is 0 Å². The van der Waals surface area contributed by atoms with Gasteiger partial charge in [0.25, 0.3) is 5.91 Å². The van der Waals surface area contributed by atoms with E-state index in [1.807, 2.05) is 36.2 Å². The second-order valence-electron chi connectivity index (χ2n) is 9.29. The van der Waals surface area contributed by atoms with E-state index >= 15 is 0 Å². The number of fused-ring (bicyclic) bond motifs is 1. The lowest BCUT2D eigenvalue weighted by atomic mass is 9.98. The Balaban J connectivity index is 1.49. The molecule has 7 nitrogen and oxygen atoms in total. The molecule has 3 heterocycles. The minimum absolute atomic E-state index is 0.0156. The van der Waals surface area contributed by atoms with E-state index in [1.165, 1.54) is 5.56 Å². The monoisotopic (exact) mass is 460 g/mol. The lowest BCUT2D eigenvalue weighted by Crippen LogP contribution is -2.53. The van der Waals surface area contributed by atoms with Gasteiger partial charge < -0.3 is 19.4 Å². The van der Waals surface area contributed by atoms with Crippen LogP contribution in [0, 0.1) is 0 Å². The molecule has 178 valence electrons. The molecular weight excluding hydrogens is 428 g/mol.